The molecule has 0 saturated carbocycles. The number of nitro benzene ring substituents is 1. The first-order valence-corrected chi connectivity index (χ1v) is 4.95. The summed E-state index contributed by atoms with van der Waals surface area (Å²) in [6, 6.07) is 2.22. The van der Waals surface area contributed by atoms with Gasteiger partial charge in [0.15, 0.2) is 0 Å². The van der Waals surface area contributed by atoms with Crippen molar-refractivity contribution in [1.29, 1.82) is 0 Å². The summed E-state index contributed by atoms with van der Waals surface area (Å²) in [6.45, 7) is 4.77. The molecular weight excluding hydrogens is 239 g/mol. The number of hydrogen-bond acceptors (Lipinski definition) is 5. The molecule has 1 rings (SSSR count). The van der Waals surface area contributed by atoms with Gasteiger partial charge in [-0.2, -0.15) is 0 Å². The Morgan fingerprint density at radius 3 is 2.61 bits per heavy atom. The lowest BCUT2D eigenvalue weighted by Gasteiger charge is -2.12. The molecule has 0 atom stereocenters. The molecule has 0 fully saturated rings. The first-order chi connectivity index (χ1) is 8.36. The van der Waals surface area contributed by atoms with Gasteiger partial charge >= 0.3 is 7.12 Å². The van der Waals surface area contributed by atoms with E-state index in [2.05, 4.69) is 11.9 Å². The average molecular weight is 250 g/mol. The lowest BCUT2D eigenvalue weighted by atomic mass is 9.77. The molecule has 1 aromatic rings. The molecule has 0 bridgehead atoms. The van der Waals surface area contributed by atoms with Crippen molar-refractivity contribution < 1.29 is 19.8 Å². The lowest BCUT2D eigenvalue weighted by molar-refractivity contribution is -0.384. The Morgan fingerprint density at radius 2 is 2.17 bits per heavy atom. The highest BCUT2D eigenvalue weighted by Crippen LogP contribution is 2.19. The van der Waals surface area contributed by atoms with Gasteiger partial charge in [0, 0.05) is 23.3 Å². The number of carbonyl (C=O) groups is 1. The minimum Gasteiger partial charge on any atom is -0.423 e. The van der Waals surface area contributed by atoms with Crippen LogP contribution in [-0.2, 0) is 4.79 Å². The summed E-state index contributed by atoms with van der Waals surface area (Å²) in [4.78, 5) is 21.2. The maximum Gasteiger partial charge on any atom is 0.490 e. The first kappa shape index (κ1) is 13.9. The van der Waals surface area contributed by atoms with Gasteiger partial charge in [0.05, 0.1) is 4.92 Å². The second kappa shape index (κ2) is 5.43. The normalized spacial score (nSPS) is 9.72. The van der Waals surface area contributed by atoms with Gasteiger partial charge in [-0.25, -0.2) is 0 Å². The van der Waals surface area contributed by atoms with Gasteiger partial charge in [-0.3, -0.25) is 14.9 Å². The topological polar surface area (TPSA) is 113 Å². The molecule has 0 aromatic heterocycles. The van der Waals surface area contributed by atoms with Crippen LogP contribution in [0.5, 0.6) is 0 Å². The Hall–Kier alpha value is -2.19. The van der Waals surface area contributed by atoms with Crippen molar-refractivity contribution in [1.82, 2.24) is 0 Å². The molecular formula is C10H11BN2O5. The van der Waals surface area contributed by atoms with Crippen molar-refractivity contribution in [3.05, 3.63) is 40.5 Å². The largest absolute Gasteiger partial charge is 0.490 e. The van der Waals surface area contributed by atoms with E-state index in [0.29, 0.717) is 5.56 Å². The van der Waals surface area contributed by atoms with Gasteiger partial charge in [-0.1, -0.05) is 6.58 Å². The maximum absolute atomic E-state index is 11.2. The highest BCUT2D eigenvalue weighted by Gasteiger charge is 2.23. The molecule has 0 heterocycles. The zero-order valence-corrected chi connectivity index (χ0v) is 9.58. The van der Waals surface area contributed by atoms with E-state index in [4.69, 9.17) is 0 Å². The number of rotatable bonds is 4. The number of amides is 1. The summed E-state index contributed by atoms with van der Waals surface area (Å²) in [5.74, 6) is -0.547. The van der Waals surface area contributed by atoms with E-state index in [1.54, 1.807) is 0 Å². The quantitative estimate of drug-likeness (QED) is 0.294. The van der Waals surface area contributed by atoms with E-state index in [1.807, 2.05) is 0 Å². The first-order valence-electron chi connectivity index (χ1n) is 4.95. The number of nitro groups is 1. The van der Waals surface area contributed by atoms with Crippen LogP contribution in [0.1, 0.15) is 5.56 Å². The highest BCUT2D eigenvalue weighted by molar-refractivity contribution is 6.61. The molecule has 0 spiro atoms. The monoisotopic (exact) mass is 250 g/mol. The summed E-state index contributed by atoms with van der Waals surface area (Å²) >= 11 is 0. The molecule has 0 aliphatic rings. The number of aryl methyl sites for hydroxylation is 1. The summed E-state index contributed by atoms with van der Waals surface area (Å²) in [6.07, 6.45) is 1.01. The molecule has 0 aliphatic heterocycles. The van der Waals surface area contributed by atoms with Crippen LogP contribution in [0.15, 0.2) is 24.8 Å². The molecule has 1 amide bonds. The van der Waals surface area contributed by atoms with Crippen LogP contribution in [0.3, 0.4) is 0 Å². The van der Waals surface area contributed by atoms with Gasteiger partial charge < -0.3 is 15.4 Å². The van der Waals surface area contributed by atoms with E-state index in [9.17, 15) is 25.0 Å². The fraction of sp³-hybridized carbons (Fsp3) is 0.100. The Bertz CT molecular complexity index is 515. The van der Waals surface area contributed by atoms with Gasteiger partial charge in [0.25, 0.3) is 5.69 Å². The fourth-order valence-electron chi connectivity index (χ4n) is 1.45. The molecule has 3 N–H and O–H groups in total. The third kappa shape index (κ3) is 2.93. The number of hydrogen-bond donors (Lipinski definition) is 3. The van der Waals surface area contributed by atoms with E-state index < -0.39 is 17.9 Å². The Balaban J connectivity index is 3.35. The predicted molar refractivity (Wildman–Crippen MR) is 66.5 cm³/mol. The number of carbonyl (C=O) groups excluding carboxylic acids is 1. The van der Waals surface area contributed by atoms with Crippen molar-refractivity contribution in [2.45, 2.75) is 6.92 Å². The molecule has 1 aromatic carbocycles. The number of anilines is 1. The van der Waals surface area contributed by atoms with Gasteiger partial charge in [-0.05, 0) is 18.6 Å². The predicted octanol–water partition coefficient (Wildman–Crippen LogP) is -0.292. The Morgan fingerprint density at radius 1 is 1.56 bits per heavy atom. The Kier molecular flexibility index (Phi) is 4.19. The van der Waals surface area contributed by atoms with Crippen LogP contribution in [0.2, 0.25) is 0 Å². The second-order valence-electron chi connectivity index (χ2n) is 3.55. The van der Waals surface area contributed by atoms with Crippen molar-refractivity contribution in [2.75, 3.05) is 5.32 Å². The van der Waals surface area contributed by atoms with Gasteiger partial charge in [0.1, 0.15) is 0 Å². The Labute approximate surface area is 103 Å². The van der Waals surface area contributed by atoms with Crippen molar-refractivity contribution in [3.63, 3.8) is 0 Å². The zero-order valence-electron chi connectivity index (χ0n) is 9.58. The minimum atomic E-state index is -1.93. The standard InChI is InChI=1S/C10H11BN2O5/c1-3-9(14)12-10-6(2)4-7(13(17)18)5-8(10)11(15)16/h3-5,15-16H,1H2,2H3,(H,12,14). The molecule has 7 nitrogen and oxygen atoms in total. The number of benzene rings is 1. The third-order valence-corrected chi connectivity index (χ3v) is 2.27. The van der Waals surface area contributed by atoms with Crippen LogP contribution >= 0.6 is 0 Å². The molecule has 18 heavy (non-hydrogen) atoms. The van der Waals surface area contributed by atoms with Crippen molar-refractivity contribution >= 4 is 29.9 Å². The van der Waals surface area contributed by atoms with Gasteiger partial charge in [-0.15, -0.1) is 0 Å². The maximum atomic E-state index is 11.2. The molecule has 0 saturated heterocycles. The summed E-state index contributed by atoms with van der Waals surface area (Å²) in [5, 5.41) is 31.4. The lowest BCUT2D eigenvalue weighted by Crippen LogP contribution is -2.34. The van der Waals surface area contributed by atoms with Crippen LogP contribution < -0.4 is 10.8 Å². The summed E-state index contributed by atoms with van der Waals surface area (Å²) in [7, 11) is -1.93. The number of nitrogens with one attached hydrogen (secondary N) is 1. The smallest absolute Gasteiger partial charge is 0.423 e. The molecule has 8 heteroatoms. The van der Waals surface area contributed by atoms with E-state index in [0.717, 1.165) is 12.1 Å². The molecule has 0 unspecified atom stereocenters. The minimum absolute atomic E-state index is 0.125. The average Bonchev–Trinajstić information content (AvgIpc) is 2.30. The van der Waals surface area contributed by atoms with Gasteiger partial charge in [0.2, 0.25) is 5.91 Å². The second-order valence-corrected chi connectivity index (χ2v) is 3.55. The van der Waals surface area contributed by atoms with Crippen LogP contribution in [0, 0.1) is 17.0 Å². The SMILES string of the molecule is C=CC(=O)Nc1c(C)cc([N+](=O)[O-])cc1B(O)O. The summed E-state index contributed by atoms with van der Waals surface area (Å²) in [5.41, 5.74) is 0.0482. The fourth-order valence-corrected chi connectivity index (χ4v) is 1.45. The highest BCUT2D eigenvalue weighted by atomic mass is 16.6. The van der Waals surface area contributed by atoms with Crippen molar-refractivity contribution in [2.24, 2.45) is 0 Å². The summed E-state index contributed by atoms with van der Waals surface area (Å²) < 4.78 is 0. The van der Waals surface area contributed by atoms with Crippen molar-refractivity contribution in [3.8, 4) is 0 Å². The van der Waals surface area contributed by atoms with E-state index in [1.165, 1.54) is 13.0 Å². The molecule has 94 valence electrons. The molecule has 0 aliphatic carbocycles. The van der Waals surface area contributed by atoms with Crippen LogP contribution in [0.4, 0.5) is 11.4 Å². The third-order valence-electron chi connectivity index (χ3n) is 2.27. The number of nitrogens with zero attached hydrogens (tertiary/aromatic N) is 1. The van der Waals surface area contributed by atoms with E-state index in [-0.39, 0.29) is 16.8 Å². The van der Waals surface area contributed by atoms with Crippen LogP contribution in [0.25, 0.3) is 0 Å². The number of non-ortho nitro benzene ring substituents is 1. The molecule has 0 radical (unpaired) electrons. The van der Waals surface area contributed by atoms with E-state index >= 15 is 0 Å². The zero-order chi connectivity index (χ0) is 13.9. The van der Waals surface area contributed by atoms with Crippen LogP contribution in [-0.4, -0.2) is 28.0 Å².